The summed E-state index contributed by atoms with van der Waals surface area (Å²) in [5.41, 5.74) is 6.74. The standard InChI is InChI=1S/C23H26BrN3O3S/c24-18-11-12-20(30-14-13-16-7-3-1-4-8-16)19(15-18)22(29)25-23(31)27-26-21(28)17-9-5-2-6-10-17/h1,3-4,7-8,11-12,15,17H,2,5-6,9-10,13-14H2,(H,26,28)(H2,25,27,29,31). The smallest absolute Gasteiger partial charge is 0.261 e. The maximum Gasteiger partial charge on any atom is 0.261 e. The number of benzene rings is 2. The second-order valence-corrected chi connectivity index (χ2v) is 8.78. The maximum atomic E-state index is 12.8. The second-order valence-electron chi connectivity index (χ2n) is 7.46. The minimum Gasteiger partial charge on any atom is -0.492 e. The SMILES string of the molecule is O=C(NC(=S)NNC(=O)C1CCCCC1)c1cc(Br)ccc1OCCc1ccccc1. The summed E-state index contributed by atoms with van der Waals surface area (Å²) in [5.74, 6) is -0.0516. The van der Waals surface area contributed by atoms with Crippen LogP contribution in [0.15, 0.2) is 53.0 Å². The molecule has 0 heterocycles. The van der Waals surface area contributed by atoms with Gasteiger partial charge in [-0.15, -0.1) is 0 Å². The zero-order valence-corrected chi connectivity index (χ0v) is 19.6. The number of halogens is 1. The molecule has 1 fully saturated rings. The van der Waals surface area contributed by atoms with Crippen molar-refractivity contribution >= 4 is 45.1 Å². The summed E-state index contributed by atoms with van der Waals surface area (Å²) in [4.78, 5) is 25.0. The van der Waals surface area contributed by atoms with Gasteiger partial charge in [-0.05, 0) is 48.8 Å². The Morgan fingerprint density at radius 2 is 1.77 bits per heavy atom. The van der Waals surface area contributed by atoms with Gasteiger partial charge in [0.05, 0.1) is 12.2 Å². The summed E-state index contributed by atoms with van der Waals surface area (Å²) >= 11 is 8.56. The Labute approximate surface area is 196 Å². The molecule has 0 bridgehead atoms. The van der Waals surface area contributed by atoms with E-state index in [2.05, 4.69) is 32.1 Å². The highest BCUT2D eigenvalue weighted by Gasteiger charge is 2.21. The van der Waals surface area contributed by atoms with Crippen LogP contribution >= 0.6 is 28.1 Å². The molecule has 6 nitrogen and oxygen atoms in total. The average Bonchev–Trinajstić information content (AvgIpc) is 2.79. The Bertz CT molecular complexity index is 918. The van der Waals surface area contributed by atoms with Crippen LogP contribution in [0.3, 0.4) is 0 Å². The Hall–Kier alpha value is -2.45. The summed E-state index contributed by atoms with van der Waals surface area (Å²) in [5, 5.41) is 2.63. The largest absolute Gasteiger partial charge is 0.492 e. The summed E-state index contributed by atoms with van der Waals surface area (Å²) < 4.78 is 6.61. The second kappa shape index (κ2) is 11.8. The highest BCUT2D eigenvalue weighted by Crippen LogP contribution is 2.24. The normalized spacial score (nSPS) is 13.8. The molecule has 2 aromatic rings. The molecule has 0 radical (unpaired) electrons. The van der Waals surface area contributed by atoms with Gasteiger partial charge in [-0.3, -0.25) is 25.8 Å². The fraction of sp³-hybridized carbons (Fsp3) is 0.348. The van der Waals surface area contributed by atoms with E-state index in [0.29, 0.717) is 17.9 Å². The van der Waals surface area contributed by atoms with Crippen LogP contribution in [0.4, 0.5) is 0 Å². The van der Waals surface area contributed by atoms with E-state index in [1.165, 1.54) is 6.42 Å². The number of hydrazine groups is 1. The lowest BCUT2D eigenvalue weighted by Gasteiger charge is -2.21. The third-order valence-corrected chi connectivity index (χ3v) is 5.88. The first kappa shape index (κ1) is 23.2. The van der Waals surface area contributed by atoms with E-state index in [1.807, 2.05) is 36.4 Å². The lowest BCUT2D eigenvalue weighted by molar-refractivity contribution is -0.126. The molecule has 0 atom stereocenters. The van der Waals surface area contributed by atoms with Gasteiger partial charge in [0, 0.05) is 16.8 Å². The minimum atomic E-state index is -0.416. The topological polar surface area (TPSA) is 79.5 Å². The molecule has 0 spiro atoms. The molecule has 0 saturated heterocycles. The number of carbonyl (C=O) groups excluding carboxylic acids is 2. The molecule has 1 aliphatic rings. The maximum absolute atomic E-state index is 12.8. The van der Waals surface area contributed by atoms with Gasteiger partial charge in [-0.1, -0.05) is 65.5 Å². The molecule has 31 heavy (non-hydrogen) atoms. The number of hydrogen-bond acceptors (Lipinski definition) is 4. The summed E-state index contributed by atoms with van der Waals surface area (Å²) in [6.45, 7) is 0.437. The van der Waals surface area contributed by atoms with Crippen molar-refractivity contribution in [3.8, 4) is 5.75 Å². The van der Waals surface area contributed by atoms with Gasteiger partial charge in [-0.25, -0.2) is 0 Å². The van der Waals surface area contributed by atoms with Crippen molar-refractivity contribution in [3.05, 3.63) is 64.1 Å². The monoisotopic (exact) mass is 503 g/mol. The summed E-state index contributed by atoms with van der Waals surface area (Å²) in [6, 6.07) is 15.2. The molecule has 3 rings (SSSR count). The predicted octanol–water partition coefficient (Wildman–Crippen LogP) is 4.29. The van der Waals surface area contributed by atoms with E-state index in [1.54, 1.807) is 12.1 Å². The summed E-state index contributed by atoms with van der Waals surface area (Å²) in [6.07, 6.45) is 5.80. The van der Waals surface area contributed by atoms with Crippen molar-refractivity contribution in [3.63, 3.8) is 0 Å². The van der Waals surface area contributed by atoms with Gasteiger partial charge in [0.1, 0.15) is 5.75 Å². The first-order valence-electron chi connectivity index (χ1n) is 10.4. The minimum absolute atomic E-state index is 0.00514. The molecular weight excluding hydrogens is 478 g/mol. The zero-order valence-electron chi connectivity index (χ0n) is 17.2. The van der Waals surface area contributed by atoms with E-state index in [9.17, 15) is 9.59 Å². The van der Waals surface area contributed by atoms with E-state index in [-0.39, 0.29) is 16.9 Å². The molecule has 8 heteroatoms. The zero-order chi connectivity index (χ0) is 22.1. The molecule has 1 aliphatic carbocycles. The van der Waals surface area contributed by atoms with Gasteiger partial charge in [0.15, 0.2) is 5.11 Å². The van der Waals surface area contributed by atoms with Crippen LogP contribution in [0.5, 0.6) is 5.75 Å². The number of hydrogen-bond donors (Lipinski definition) is 3. The lowest BCUT2D eigenvalue weighted by Crippen LogP contribution is -2.50. The number of amides is 2. The van der Waals surface area contributed by atoms with Gasteiger partial charge in [0.25, 0.3) is 5.91 Å². The Kier molecular flexibility index (Phi) is 8.85. The van der Waals surface area contributed by atoms with Gasteiger partial charge in [0.2, 0.25) is 5.91 Å². The molecular formula is C23H26BrN3O3S. The van der Waals surface area contributed by atoms with Gasteiger partial charge < -0.3 is 4.74 Å². The molecule has 0 aromatic heterocycles. The first-order valence-corrected chi connectivity index (χ1v) is 11.6. The van der Waals surface area contributed by atoms with Crippen molar-refractivity contribution in [2.24, 2.45) is 5.92 Å². The first-order chi connectivity index (χ1) is 15.0. The van der Waals surface area contributed by atoms with Crippen LogP contribution in [0.2, 0.25) is 0 Å². The van der Waals surface area contributed by atoms with Crippen LogP contribution < -0.4 is 20.9 Å². The number of nitrogens with one attached hydrogen (secondary N) is 3. The molecule has 2 amide bonds. The third kappa shape index (κ3) is 7.33. The predicted molar refractivity (Wildman–Crippen MR) is 128 cm³/mol. The molecule has 0 unspecified atom stereocenters. The highest BCUT2D eigenvalue weighted by atomic mass is 79.9. The van der Waals surface area contributed by atoms with Gasteiger partial charge >= 0.3 is 0 Å². The molecule has 2 aromatic carbocycles. The number of carbonyl (C=O) groups is 2. The molecule has 1 saturated carbocycles. The van der Waals surface area contributed by atoms with Crippen molar-refractivity contribution in [2.45, 2.75) is 38.5 Å². The Morgan fingerprint density at radius 1 is 1.03 bits per heavy atom. The molecule has 0 aliphatic heterocycles. The molecule has 164 valence electrons. The van der Waals surface area contributed by atoms with Crippen molar-refractivity contribution in [1.82, 2.24) is 16.2 Å². The fourth-order valence-corrected chi connectivity index (χ4v) is 4.02. The van der Waals surface area contributed by atoms with Crippen molar-refractivity contribution in [2.75, 3.05) is 6.61 Å². The third-order valence-electron chi connectivity index (χ3n) is 5.18. The Balaban J connectivity index is 1.53. The number of rotatable bonds is 6. The van der Waals surface area contributed by atoms with Gasteiger partial charge in [-0.2, -0.15) is 0 Å². The highest BCUT2D eigenvalue weighted by molar-refractivity contribution is 9.10. The quantitative estimate of drug-likeness (QED) is 0.404. The summed E-state index contributed by atoms with van der Waals surface area (Å²) in [7, 11) is 0. The number of ether oxygens (including phenoxy) is 1. The van der Waals surface area contributed by atoms with Crippen molar-refractivity contribution < 1.29 is 14.3 Å². The van der Waals surface area contributed by atoms with Crippen LogP contribution in [-0.2, 0) is 11.2 Å². The van der Waals surface area contributed by atoms with E-state index in [4.69, 9.17) is 17.0 Å². The average molecular weight is 504 g/mol. The molecule has 3 N–H and O–H groups in total. The van der Waals surface area contributed by atoms with E-state index >= 15 is 0 Å². The lowest BCUT2D eigenvalue weighted by atomic mass is 9.89. The van der Waals surface area contributed by atoms with E-state index in [0.717, 1.165) is 42.1 Å². The van der Waals surface area contributed by atoms with Crippen LogP contribution in [0.1, 0.15) is 48.0 Å². The van der Waals surface area contributed by atoms with E-state index < -0.39 is 5.91 Å². The van der Waals surface area contributed by atoms with Crippen molar-refractivity contribution in [1.29, 1.82) is 0 Å². The Morgan fingerprint density at radius 3 is 2.52 bits per heavy atom. The van der Waals surface area contributed by atoms with Crippen LogP contribution in [-0.4, -0.2) is 23.5 Å². The fourth-order valence-electron chi connectivity index (χ4n) is 3.52. The van der Waals surface area contributed by atoms with Crippen LogP contribution in [0, 0.1) is 5.92 Å². The van der Waals surface area contributed by atoms with Crippen LogP contribution in [0.25, 0.3) is 0 Å². The number of thiocarbonyl (C=S) groups is 1.